The van der Waals surface area contributed by atoms with Gasteiger partial charge in [-0.15, -0.1) is 0 Å². The number of carbonyl (C=O) groups is 1. The number of likely N-dealkylation sites (tertiary alicyclic amines) is 2. The van der Waals surface area contributed by atoms with Gasteiger partial charge in [-0.1, -0.05) is 12.1 Å². The van der Waals surface area contributed by atoms with Crippen LogP contribution in [0.5, 0.6) is 0 Å². The molecule has 164 valence electrons. The number of piperidine rings is 1. The first-order chi connectivity index (χ1) is 15.1. The number of benzene rings is 2. The van der Waals surface area contributed by atoms with Gasteiger partial charge in [-0.05, 0) is 80.1 Å². The van der Waals surface area contributed by atoms with E-state index in [9.17, 15) is 9.18 Å². The maximum atomic E-state index is 13.1. The summed E-state index contributed by atoms with van der Waals surface area (Å²) in [6.45, 7) is 4.90. The molecule has 6 heteroatoms. The summed E-state index contributed by atoms with van der Waals surface area (Å²) in [5.74, 6) is 0.969. The van der Waals surface area contributed by atoms with Gasteiger partial charge in [0.2, 0.25) is 0 Å². The topological polar surface area (TPSA) is 38.8 Å². The molecular formula is C25H31FN4O. The predicted octanol–water partition coefficient (Wildman–Crippen LogP) is 4.38. The van der Waals surface area contributed by atoms with Crippen molar-refractivity contribution >= 4 is 17.4 Å². The Balaban J connectivity index is 1.15. The molecule has 0 saturated carbocycles. The lowest BCUT2D eigenvalue weighted by molar-refractivity contribution is 0.194. The van der Waals surface area contributed by atoms with Gasteiger partial charge in [-0.25, -0.2) is 9.18 Å². The van der Waals surface area contributed by atoms with Crippen molar-refractivity contribution in [3.63, 3.8) is 0 Å². The zero-order chi connectivity index (χ0) is 21.4. The minimum Gasteiger partial charge on any atom is -0.367 e. The summed E-state index contributed by atoms with van der Waals surface area (Å²) in [5.41, 5.74) is 3.25. The highest BCUT2D eigenvalue weighted by molar-refractivity contribution is 5.89. The highest BCUT2D eigenvalue weighted by Crippen LogP contribution is 2.35. The van der Waals surface area contributed by atoms with E-state index < -0.39 is 0 Å². The number of halogens is 1. The van der Waals surface area contributed by atoms with Crippen LogP contribution >= 0.6 is 0 Å². The van der Waals surface area contributed by atoms with Gasteiger partial charge in [0.15, 0.2) is 0 Å². The fourth-order valence-electron chi connectivity index (χ4n) is 5.58. The number of urea groups is 1. The summed E-state index contributed by atoms with van der Waals surface area (Å²) >= 11 is 0. The van der Waals surface area contributed by atoms with Crippen LogP contribution in [0, 0.1) is 11.7 Å². The van der Waals surface area contributed by atoms with Crippen LogP contribution in [0.1, 0.15) is 30.7 Å². The highest BCUT2D eigenvalue weighted by Gasteiger charge is 2.39. The summed E-state index contributed by atoms with van der Waals surface area (Å²) in [6, 6.07) is 15.7. The van der Waals surface area contributed by atoms with E-state index in [1.807, 2.05) is 29.2 Å². The highest BCUT2D eigenvalue weighted by atomic mass is 19.1. The molecule has 2 amide bonds. The molecule has 2 atom stereocenters. The van der Waals surface area contributed by atoms with Crippen molar-refractivity contribution in [2.45, 2.75) is 31.2 Å². The summed E-state index contributed by atoms with van der Waals surface area (Å²) in [7, 11) is 2.21. The van der Waals surface area contributed by atoms with E-state index in [4.69, 9.17) is 0 Å². The Morgan fingerprint density at radius 2 is 1.65 bits per heavy atom. The molecule has 0 aliphatic carbocycles. The Labute approximate surface area is 183 Å². The number of amides is 2. The van der Waals surface area contributed by atoms with Gasteiger partial charge in [0.1, 0.15) is 5.82 Å². The second-order valence-electron chi connectivity index (χ2n) is 9.32. The number of nitrogens with one attached hydrogen (secondary N) is 1. The van der Waals surface area contributed by atoms with Gasteiger partial charge in [0, 0.05) is 50.1 Å². The van der Waals surface area contributed by atoms with Gasteiger partial charge in [-0.3, -0.25) is 0 Å². The summed E-state index contributed by atoms with van der Waals surface area (Å²) in [5, 5.41) is 3.06. The molecule has 31 heavy (non-hydrogen) atoms. The summed E-state index contributed by atoms with van der Waals surface area (Å²) in [4.78, 5) is 19.6. The molecule has 3 fully saturated rings. The van der Waals surface area contributed by atoms with Crippen molar-refractivity contribution in [3.8, 4) is 0 Å². The van der Waals surface area contributed by atoms with Crippen LogP contribution in [0.3, 0.4) is 0 Å². The molecule has 2 aromatic rings. The molecule has 0 aromatic heterocycles. The Bertz CT molecular complexity index is 908. The molecule has 1 N–H and O–H groups in total. The SMILES string of the molecule is CN1C[C@H]2CCN(c3ccc(NC(=O)N4CCC(c5ccc(F)cc5)CC4)cc3)[C@H]2C1. The van der Waals surface area contributed by atoms with Gasteiger partial charge < -0.3 is 20.0 Å². The van der Waals surface area contributed by atoms with E-state index in [0.717, 1.165) is 56.2 Å². The van der Waals surface area contributed by atoms with Crippen LogP contribution < -0.4 is 10.2 Å². The fraction of sp³-hybridized carbons (Fsp3) is 0.480. The lowest BCUT2D eigenvalue weighted by Crippen LogP contribution is -2.40. The van der Waals surface area contributed by atoms with Gasteiger partial charge >= 0.3 is 6.03 Å². The number of hydrogen-bond donors (Lipinski definition) is 1. The number of fused-ring (bicyclic) bond motifs is 1. The van der Waals surface area contributed by atoms with E-state index in [-0.39, 0.29) is 11.8 Å². The van der Waals surface area contributed by atoms with Crippen molar-refractivity contribution in [3.05, 3.63) is 59.9 Å². The number of hydrogen-bond acceptors (Lipinski definition) is 3. The number of likely N-dealkylation sites (N-methyl/N-ethyl adjacent to an activating group) is 1. The van der Waals surface area contributed by atoms with Gasteiger partial charge in [-0.2, -0.15) is 0 Å². The maximum Gasteiger partial charge on any atom is 0.321 e. The van der Waals surface area contributed by atoms with Gasteiger partial charge in [0.25, 0.3) is 0 Å². The third-order valence-electron chi connectivity index (χ3n) is 7.30. The third kappa shape index (κ3) is 4.26. The average Bonchev–Trinajstić information content (AvgIpc) is 3.34. The van der Waals surface area contributed by atoms with Crippen LogP contribution in [0.4, 0.5) is 20.6 Å². The number of rotatable bonds is 3. The standard InChI is InChI=1S/C25H31FN4O/c1-28-16-20-12-15-30(24(20)17-28)23-8-6-22(7-9-23)27-25(31)29-13-10-19(11-14-29)18-2-4-21(26)5-3-18/h2-9,19-20,24H,10-17H2,1H3,(H,27,31)/t20-,24+/m1/s1. The van der Waals surface area contributed by atoms with Crippen molar-refractivity contribution in [2.75, 3.05) is 50.0 Å². The summed E-state index contributed by atoms with van der Waals surface area (Å²) in [6.07, 6.45) is 3.08. The fourth-order valence-corrected chi connectivity index (χ4v) is 5.58. The lowest BCUT2D eigenvalue weighted by atomic mass is 9.89. The Kier molecular flexibility index (Phi) is 5.57. The molecule has 0 unspecified atom stereocenters. The quantitative estimate of drug-likeness (QED) is 0.798. The molecule has 3 saturated heterocycles. The van der Waals surface area contributed by atoms with Gasteiger partial charge in [0.05, 0.1) is 0 Å². The van der Waals surface area contributed by atoms with E-state index in [2.05, 4.69) is 34.3 Å². The van der Waals surface area contributed by atoms with E-state index >= 15 is 0 Å². The first kappa shape index (κ1) is 20.3. The smallest absolute Gasteiger partial charge is 0.321 e. The molecular weight excluding hydrogens is 391 g/mol. The first-order valence-corrected chi connectivity index (χ1v) is 11.4. The third-order valence-corrected chi connectivity index (χ3v) is 7.30. The second-order valence-corrected chi connectivity index (χ2v) is 9.32. The normalized spacial score (nSPS) is 24.5. The van der Waals surface area contributed by atoms with Crippen molar-refractivity contribution in [2.24, 2.45) is 5.92 Å². The average molecular weight is 423 g/mol. The van der Waals surface area contributed by atoms with Crippen LogP contribution in [0.2, 0.25) is 0 Å². The Morgan fingerprint density at radius 1 is 0.935 bits per heavy atom. The summed E-state index contributed by atoms with van der Waals surface area (Å²) < 4.78 is 13.1. The minimum atomic E-state index is -0.202. The largest absolute Gasteiger partial charge is 0.367 e. The molecule has 3 aliphatic rings. The molecule has 0 bridgehead atoms. The maximum absolute atomic E-state index is 13.1. The Hall–Kier alpha value is -2.60. The molecule has 2 aromatic carbocycles. The van der Waals surface area contributed by atoms with Crippen molar-refractivity contribution < 1.29 is 9.18 Å². The molecule has 3 heterocycles. The number of anilines is 2. The molecule has 5 nitrogen and oxygen atoms in total. The van der Waals surface area contributed by atoms with Crippen LogP contribution in [-0.4, -0.2) is 61.6 Å². The van der Waals surface area contributed by atoms with Crippen molar-refractivity contribution in [1.82, 2.24) is 9.80 Å². The predicted molar refractivity (Wildman–Crippen MR) is 122 cm³/mol. The van der Waals surface area contributed by atoms with E-state index in [1.54, 1.807) is 0 Å². The van der Waals surface area contributed by atoms with Crippen LogP contribution in [0.25, 0.3) is 0 Å². The zero-order valence-electron chi connectivity index (χ0n) is 18.1. The molecule has 0 radical (unpaired) electrons. The first-order valence-electron chi connectivity index (χ1n) is 11.4. The minimum absolute atomic E-state index is 0.0380. The number of nitrogens with zero attached hydrogens (tertiary/aromatic N) is 3. The van der Waals surface area contributed by atoms with Crippen LogP contribution in [0.15, 0.2) is 48.5 Å². The molecule has 3 aliphatic heterocycles. The van der Waals surface area contributed by atoms with E-state index in [0.29, 0.717) is 12.0 Å². The number of carbonyl (C=O) groups excluding carboxylic acids is 1. The van der Waals surface area contributed by atoms with Crippen LogP contribution in [-0.2, 0) is 0 Å². The molecule has 0 spiro atoms. The Morgan fingerprint density at radius 3 is 2.35 bits per heavy atom. The second kappa shape index (κ2) is 8.50. The molecule has 5 rings (SSSR count). The van der Waals surface area contributed by atoms with E-state index in [1.165, 1.54) is 30.8 Å². The monoisotopic (exact) mass is 422 g/mol. The van der Waals surface area contributed by atoms with Crippen molar-refractivity contribution in [1.29, 1.82) is 0 Å². The zero-order valence-corrected chi connectivity index (χ0v) is 18.1. The lowest BCUT2D eigenvalue weighted by Gasteiger charge is -2.32.